The lowest BCUT2D eigenvalue weighted by molar-refractivity contribution is 1.17. The zero-order valence-corrected chi connectivity index (χ0v) is 30.7. The van der Waals surface area contributed by atoms with Gasteiger partial charge in [0.25, 0.3) is 0 Å². The molecule has 3 heteroatoms. The summed E-state index contributed by atoms with van der Waals surface area (Å²) in [6.45, 7) is 4.00. The van der Waals surface area contributed by atoms with E-state index in [4.69, 9.17) is 0 Å². The number of hydrogen-bond acceptors (Lipinski definition) is 1. The summed E-state index contributed by atoms with van der Waals surface area (Å²) < 4.78 is 4.85. The zero-order valence-electron chi connectivity index (χ0n) is 30.7. The van der Waals surface area contributed by atoms with Crippen molar-refractivity contribution in [3.63, 3.8) is 0 Å². The maximum absolute atomic E-state index is 3.31. The topological polar surface area (TPSA) is 13.1 Å². The molecule has 0 fully saturated rings. The largest absolute Gasteiger partial charge is 0.310 e. The van der Waals surface area contributed by atoms with E-state index in [2.05, 4.69) is 214 Å². The van der Waals surface area contributed by atoms with Crippen molar-refractivity contribution in [2.75, 3.05) is 4.90 Å². The Labute approximate surface area is 320 Å². The summed E-state index contributed by atoms with van der Waals surface area (Å²) in [4.78, 5) is 2.36. The average molecular weight is 704 g/mol. The van der Waals surface area contributed by atoms with E-state index in [1.807, 2.05) is 13.8 Å². The third-order valence-corrected chi connectivity index (χ3v) is 10.7. The standard InChI is InChI=1S/C50H31N3.C2H6/c1-3-17-36(18-4-1)51(37-19-5-2-6-20-37)48-33-49-50(42-23-10-9-21-40(42)48)43-24-12-14-26-46(43)53(49)39-29-30-47-44(32-39)41-22-11-13-25-45(41)52(47)38-28-27-34-15-7-8-16-35(34)31-38;1-2/h1-8,11-33H;1-2H3. The van der Waals surface area contributed by atoms with Crippen LogP contribution < -0.4 is 4.90 Å². The highest BCUT2D eigenvalue weighted by atomic mass is 15.1. The summed E-state index contributed by atoms with van der Waals surface area (Å²) in [6, 6.07) is 63.5. The van der Waals surface area contributed by atoms with Crippen LogP contribution in [0, 0.1) is 0 Å². The van der Waals surface area contributed by atoms with Crippen LogP contribution >= 0.6 is 0 Å². The SMILES string of the molecule is C1=C=Cc2c(c(N(c3ccccc3)c3ccccc3)cc3c2c2ccccc2n3-c2ccc3c(c2)c2ccccc2n3-c2ccc3ccccc3c2)C=1.CC. The van der Waals surface area contributed by atoms with Gasteiger partial charge in [0.15, 0.2) is 0 Å². The summed E-state index contributed by atoms with van der Waals surface area (Å²) in [7, 11) is 0. The molecule has 2 aromatic heterocycles. The molecule has 0 saturated carbocycles. The predicted octanol–water partition coefficient (Wildman–Crippen LogP) is 14.3. The summed E-state index contributed by atoms with van der Waals surface area (Å²) >= 11 is 0. The van der Waals surface area contributed by atoms with Crippen molar-refractivity contribution in [2.24, 2.45) is 0 Å². The molecule has 11 rings (SSSR count). The van der Waals surface area contributed by atoms with Gasteiger partial charge in [-0.1, -0.05) is 128 Å². The van der Waals surface area contributed by atoms with Crippen LogP contribution in [0.1, 0.15) is 25.0 Å². The van der Waals surface area contributed by atoms with Crippen molar-refractivity contribution in [2.45, 2.75) is 13.8 Å². The fraction of sp³-hybridized carbons (Fsp3) is 0.0385. The molecule has 0 bridgehead atoms. The van der Waals surface area contributed by atoms with Gasteiger partial charge in [-0.05, 0) is 95.7 Å². The molecule has 2 heterocycles. The molecule has 0 radical (unpaired) electrons. The Morgan fingerprint density at radius 3 is 1.65 bits per heavy atom. The van der Waals surface area contributed by atoms with Gasteiger partial charge < -0.3 is 14.0 Å². The number of anilines is 3. The quantitative estimate of drug-likeness (QED) is 0.163. The lowest BCUT2D eigenvalue weighted by Crippen LogP contribution is -2.12. The van der Waals surface area contributed by atoms with Crippen molar-refractivity contribution < 1.29 is 0 Å². The molecule has 3 nitrogen and oxygen atoms in total. The Hall–Kier alpha value is -7.28. The van der Waals surface area contributed by atoms with Gasteiger partial charge in [0.2, 0.25) is 0 Å². The molecule has 0 aliphatic heterocycles. The summed E-state index contributed by atoms with van der Waals surface area (Å²) in [5.74, 6) is 0. The van der Waals surface area contributed by atoms with E-state index >= 15 is 0 Å². The second-order valence-corrected chi connectivity index (χ2v) is 13.6. The number of nitrogens with zero attached hydrogens (tertiary/aromatic N) is 3. The van der Waals surface area contributed by atoms with Gasteiger partial charge in [0.05, 0.1) is 27.8 Å². The Morgan fingerprint density at radius 2 is 0.927 bits per heavy atom. The highest BCUT2D eigenvalue weighted by Crippen LogP contribution is 2.46. The molecule has 0 N–H and O–H groups in total. The Kier molecular flexibility index (Phi) is 7.82. The molecule has 0 atom stereocenters. The predicted molar refractivity (Wildman–Crippen MR) is 235 cm³/mol. The van der Waals surface area contributed by atoms with Crippen LogP contribution in [0.3, 0.4) is 0 Å². The molecule has 0 saturated heterocycles. The summed E-state index contributed by atoms with van der Waals surface area (Å²) in [5, 5.41) is 7.35. The van der Waals surface area contributed by atoms with Crippen LogP contribution in [0.2, 0.25) is 0 Å². The average Bonchev–Trinajstić information content (AvgIpc) is 3.77. The van der Waals surface area contributed by atoms with E-state index < -0.39 is 0 Å². The second-order valence-electron chi connectivity index (χ2n) is 13.6. The van der Waals surface area contributed by atoms with E-state index in [0.29, 0.717) is 0 Å². The van der Waals surface area contributed by atoms with Crippen LogP contribution in [-0.4, -0.2) is 9.13 Å². The van der Waals surface area contributed by atoms with Crippen LogP contribution in [-0.2, 0) is 0 Å². The molecular formula is C52H37N3. The number of hydrogen-bond donors (Lipinski definition) is 0. The monoisotopic (exact) mass is 703 g/mol. The fourth-order valence-electron chi connectivity index (χ4n) is 8.43. The van der Waals surface area contributed by atoms with Crippen LogP contribution in [0.5, 0.6) is 0 Å². The maximum Gasteiger partial charge on any atom is 0.0568 e. The minimum Gasteiger partial charge on any atom is -0.310 e. The number of para-hydroxylation sites is 4. The van der Waals surface area contributed by atoms with E-state index in [-0.39, 0.29) is 0 Å². The van der Waals surface area contributed by atoms with E-state index in [1.165, 1.54) is 43.4 Å². The van der Waals surface area contributed by atoms with Crippen molar-refractivity contribution in [1.29, 1.82) is 0 Å². The first-order chi connectivity index (χ1) is 27.3. The molecule has 260 valence electrons. The van der Waals surface area contributed by atoms with Gasteiger partial charge in [-0.3, -0.25) is 0 Å². The third kappa shape index (κ3) is 5.15. The fourth-order valence-corrected chi connectivity index (χ4v) is 8.43. The molecule has 8 aromatic carbocycles. The summed E-state index contributed by atoms with van der Waals surface area (Å²) in [6.07, 6.45) is 4.19. The minimum absolute atomic E-state index is 1.09. The Bertz CT molecular complexity index is 3150. The van der Waals surface area contributed by atoms with E-state index in [0.717, 1.165) is 50.6 Å². The van der Waals surface area contributed by atoms with Crippen LogP contribution in [0.4, 0.5) is 17.1 Å². The molecule has 0 spiro atoms. The molecule has 1 aliphatic carbocycles. The van der Waals surface area contributed by atoms with Gasteiger partial charge >= 0.3 is 0 Å². The summed E-state index contributed by atoms with van der Waals surface area (Å²) in [5.41, 5.74) is 19.1. The lowest BCUT2D eigenvalue weighted by Gasteiger charge is -2.28. The Morgan fingerprint density at radius 1 is 0.400 bits per heavy atom. The molecular weight excluding hydrogens is 667 g/mol. The highest BCUT2D eigenvalue weighted by Gasteiger charge is 2.24. The van der Waals surface area contributed by atoms with Crippen LogP contribution in [0.25, 0.3) is 77.9 Å². The van der Waals surface area contributed by atoms with E-state index in [1.54, 1.807) is 0 Å². The first-order valence-electron chi connectivity index (χ1n) is 19.0. The van der Waals surface area contributed by atoms with Gasteiger partial charge in [0, 0.05) is 55.4 Å². The third-order valence-electron chi connectivity index (χ3n) is 10.7. The normalized spacial score (nSPS) is 11.7. The number of aromatic nitrogens is 2. The second kappa shape index (κ2) is 13.3. The highest BCUT2D eigenvalue weighted by molar-refractivity contribution is 6.17. The molecule has 0 unspecified atom stereocenters. The molecule has 10 aromatic rings. The minimum atomic E-state index is 1.09. The lowest BCUT2D eigenvalue weighted by atomic mass is 9.95. The number of rotatable bonds is 5. The van der Waals surface area contributed by atoms with Gasteiger partial charge in [0.1, 0.15) is 0 Å². The van der Waals surface area contributed by atoms with Crippen molar-refractivity contribution >= 4 is 83.6 Å². The van der Waals surface area contributed by atoms with Gasteiger partial charge in [-0.15, -0.1) is 0 Å². The van der Waals surface area contributed by atoms with Crippen LogP contribution in [0.15, 0.2) is 187 Å². The van der Waals surface area contributed by atoms with E-state index in [9.17, 15) is 0 Å². The van der Waals surface area contributed by atoms with Gasteiger partial charge in [-0.2, -0.15) is 0 Å². The van der Waals surface area contributed by atoms with Crippen molar-refractivity contribution in [3.8, 4) is 11.4 Å². The zero-order chi connectivity index (χ0) is 36.9. The first kappa shape index (κ1) is 32.4. The Balaban J connectivity index is 0.00000183. The van der Waals surface area contributed by atoms with Gasteiger partial charge in [-0.25, -0.2) is 0 Å². The number of fused-ring (bicyclic) bond motifs is 9. The smallest absolute Gasteiger partial charge is 0.0568 e. The number of benzene rings is 8. The molecule has 55 heavy (non-hydrogen) atoms. The molecule has 0 amide bonds. The van der Waals surface area contributed by atoms with Crippen molar-refractivity contribution in [1.82, 2.24) is 9.13 Å². The first-order valence-corrected chi connectivity index (χ1v) is 19.0. The molecule has 1 aliphatic rings. The maximum atomic E-state index is 3.31. The van der Waals surface area contributed by atoms with Crippen molar-refractivity contribution in [3.05, 3.63) is 199 Å².